The average molecular weight is 418 g/mol. The van der Waals surface area contributed by atoms with Gasteiger partial charge in [0, 0.05) is 19.2 Å². The van der Waals surface area contributed by atoms with Crippen LogP contribution in [0.5, 0.6) is 5.75 Å². The molecule has 0 saturated carbocycles. The molecule has 2 heterocycles. The number of nitrogens with one attached hydrogen (secondary N) is 1. The van der Waals surface area contributed by atoms with E-state index in [0.29, 0.717) is 18.1 Å². The highest BCUT2D eigenvalue weighted by Crippen LogP contribution is 2.41. The van der Waals surface area contributed by atoms with Gasteiger partial charge in [-0.25, -0.2) is 4.79 Å². The number of hydrogen-bond acceptors (Lipinski definition) is 7. The molecular weight excluding hydrogens is 396 g/mol. The number of amides is 2. The molecular formula is C20H22N2O6S. The Morgan fingerprint density at radius 1 is 1.24 bits per heavy atom. The molecule has 2 aromatic rings. The molecule has 3 rings (SSSR count). The van der Waals surface area contributed by atoms with Gasteiger partial charge in [0.1, 0.15) is 22.9 Å². The molecule has 1 aromatic heterocycles. The summed E-state index contributed by atoms with van der Waals surface area (Å²) in [5.74, 6) is 0.404. The lowest BCUT2D eigenvalue weighted by Gasteiger charge is -2.25. The van der Waals surface area contributed by atoms with Gasteiger partial charge in [-0.2, -0.15) is 0 Å². The van der Waals surface area contributed by atoms with Gasteiger partial charge in [-0.05, 0) is 29.8 Å². The summed E-state index contributed by atoms with van der Waals surface area (Å²) < 4.78 is 15.6. The Labute approximate surface area is 172 Å². The predicted molar refractivity (Wildman–Crippen MR) is 106 cm³/mol. The van der Waals surface area contributed by atoms with Gasteiger partial charge in [0.15, 0.2) is 6.61 Å². The summed E-state index contributed by atoms with van der Waals surface area (Å²) in [5, 5.41) is 2.30. The number of hydrogen-bond donors (Lipinski definition) is 1. The van der Waals surface area contributed by atoms with Crippen molar-refractivity contribution in [1.29, 1.82) is 0 Å². The lowest BCUT2D eigenvalue weighted by Crippen LogP contribution is -2.43. The molecule has 2 atom stereocenters. The molecule has 1 fully saturated rings. The van der Waals surface area contributed by atoms with Crippen molar-refractivity contribution in [3.05, 3.63) is 54.0 Å². The van der Waals surface area contributed by atoms with Crippen molar-refractivity contribution < 1.29 is 28.3 Å². The minimum Gasteiger partial charge on any atom is -0.497 e. The van der Waals surface area contributed by atoms with E-state index in [1.807, 2.05) is 12.1 Å². The van der Waals surface area contributed by atoms with E-state index < -0.39 is 24.5 Å². The quantitative estimate of drug-likeness (QED) is 0.688. The number of methoxy groups -OCH3 is 1. The number of carbonyl (C=O) groups is 3. The number of benzene rings is 1. The molecule has 154 valence electrons. The first-order valence-corrected chi connectivity index (χ1v) is 10.0. The number of esters is 1. The monoisotopic (exact) mass is 418 g/mol. The first kappa shape index (κ1) is 20.8. The van der Waals surface area contributed by atoms with Crippen molar-refractivity contribution in [3.8, 4) is 5.75 Å². The average Bonchev–Trinajstić information content (AvgIpc) is 3.40. The van der Waals surface area contributed by atoms with Crippen molar-refractivity contribution in [2.24, 2.45) is 0 Å². The summed E-state index contributed by atoms with van der Waals surface area (Å²) in [5.41, 5.74) is 0.890. The van der Waals surface area contributed by atoms with Crippen LogP contribution in [0, 0.1) is 0 Å². The summed E-state index contributed by atoms with van der Waals surface area (Å²) in [7, 11) is 1.58. The molecule has 1 saturated heterocycles. The predicted octanol–water partition coefficient (Wildman–Crippen LogP) is 2.11. The third kappa shape index (κ3) is 5.11. The van der Waals surface area contributed by atoms with E-state index in [4.69, 9.17) is 13.9 Å². The number of thioether (sulfide) groups is 1. The molecule has 1 N–H and O–H groups in total. The number of furan rings is 1. The van der Waals surface area contributed by atoms with Crippen LogP contribution < -0.4 is 10.1 Å². The molecule has 29 heavy (non-hydrogen) atoms. The van der Waals surface area contributed by atoms with Crippen LogP contribution in [0.25, 0.3) is 0 Å². The minimum atomic E-state index is -0.762. The minimum absolute atomic E-state index is 0.262. The maximum Gasteiger partial charge on any atom is 0.330 e. The fourth-order valence-electron chi connectivity index (χ4n) is 2.95. The Balaban J connectivity index is 1.50. The Hall–Kier alpha value is -2.94. The Bertz CT molecular complexity index is 852. The van der Waals surface area contributed by atoms with Crippen LogP contribution in [0.3, 0.4) is 0 Å². The van der Waals surface area contributed by atoms with Gasteiger partial charge in [0.2, 0.25) is 5.91 Å². The second kappa shape index (κ2) is 9.51. The van der Waals surface area contributed by atoms with Gasteiger partial charge in [-0.3, -0.25) is 9.59 Å². The van der Waals surface area contributed by atoms with Gasteiger partial charge in [-0.1, -0.05) is 12.1 Å². The largest absolute Gasteiger partial charge is 0.497 e. The third-order valence-electron chi connectivity index (χ3n) is 4.42. The fourth-order valence-corrected chi connectivity index (χ4v) is 4.37. The van der Waals surface area contributed by atoms with Crippen molar-refractivity contribution in [2.45, 2.75) is 24.9 Å². The lowest BCUT2D eigenvalue weighted by molar-refractivity contribution is -0.156. The highest BCUT2D eigenvalue weighted by molar-refractivity contribution is 7.99. The molecule has 8 nitrogen and oxygen atoms in total. The molecule has 1 aromatic carbocycles. The maximum absolute atomic E-state index is 12.5. The van der Waals surface area contributed by atoms with E-state index in [2.05, 4.69) is 5.32 Å². The summed E-state index contributed by atoms with van der Waals surface area (Å²) in [4.78, 5) is 38.0. The summed E-state index contributed by atoms with van der Waals surface area (Å²) in [6.45, 7) is 1.29. The Kier molecular flexibility index (Phi) is 6.82. The first-order chi connectivity index (χ1) is 14.0. The highest BCUT2D eigenvalue weighted by atomic mass is 32.2. The summed E-state index contributed by atoms with van der Waals surface area (Å²) >= 11 is 1.42. The standard InChI is InChI=1S/C20H22N2O6S/c1-13(23)22-16(12-29-19(22)17-4-3-9-27-17)20(25)28-11-18(24)21-10-14-5-7-15(26-2)8-6-14/h3-9,16,19H,10-12H2,1-2H3,(H,21,24)/t16-,19+/m0/s1. The van der Waals surface area contributed by atoms with Gasteiger partial charge in [0.25, 0.3) is 5.91 Å². The number of nitrogens with zero attached hydrogens (tertiary/aromatic N) is 1. The third-order valence-corrected chi connectivity index (χ3v) is 5.70. The van der Waals surface area contributed by atoms with E-state index in [1.165, 1.54) is 29.8 Å². The van der Waals surface area contributed by atoms with Crippen LogP contribution in [-0.2, 0) is 25.7 Å². The fraction of sp³-hybridized carbons (Fsp3) is 0.350. The number of ether oxygens (including phenoxy) is 2. The zero-order valence-corrected chi connectivity index (χ0v) is 16.9. The first-order valence-electron chi connectivity index (χ1n) is 8.99. The van der Waals surface area contributed by atoms with Gasteiger partial charge in [0.05, 0.1) is 13.4 Å². The second-order valence-corrected chi connectivity index (χ2v) is 7.49. The number of rotatable bonds is 7. The van der Waals surface area contributed by atoms with Crippen LogP contribution in [0.2, 0.25) is 0 Å². The van der Waals surface area contributed by atoms with E-state index in [1.54, 1.807) is 31.4 Å². The summed E-state index contributed by atoms with van der Waals surface area (Å²) in [6.07, 6.45) is 1.52. The molecule has 0 bridgehead atoms. The molecule has 0 spiro atoms. The van der Waals surface area contributed by atoms with E-state index >= 15 is 0 Å². The van der Waals surface area contributed by atoms with E-state index in [9.17, 15) is 14.4 Å². The van der Waals surface area contributed by atoms with Crippen molar-refractivity contribution in [1.82, 2.24) is 10.2 Å². The maximum atomic E-state index is 12.5. The molecule has 1 aliphatic rings. The topological polar surface area (TPSA) is 98.1 Å². The van der Waals surface area contributed by atoms with Crippen LogP contribution in [-0.4, -0.2) is 48.2 Å². The van der Waals surface area contributed by atoms with E-state index in [0.717, 1.165) is 11.3 Å². The van der Waals surface area contributed by atoms with Crippen LogP contribution >= 0.6 is 11.8 Å². The van der Waals surface area contributed by atoms with Crippen LogP contribution in [0.1, 0.15) is 23.6 Å². The van der Waals surface area contributed by atoms with Crippen LogP contribution in [0.15, 0.2) is 47.1 Å². The van der Waals surface area contributed by atoms with Gasteiger partial charge < -0.3 is 24.1 Å². The lowest BCUT2D eigenvalue weighted by atomic mass is 10.2. The Morgan fingerprint density at radius 2 is 2.00 bits per heavy atom. The zero-order valence-electron chi connectivity index (χ0n) is 16.1. The summed E-state index contributed by atoms with van der Waals surface area (Å²) in [6, 6.07) is 9.99. The second-order valence-electron chi connectivity index (χ2n) is 6.38. The van der Waals surface area contributed by atoms with Crippen molar-refractivity contribution >= 4 is 29.5 Å². The van der Waals surface area contributed by atoms with Crippen molar-refractivity contribution in [2.75, 3.05) is 19.5 Å². The molecule has 0 radical (unpaired) electrons. The van der Waals surface area contributed by atoms with Crippen molar-refractivity contribution in [3.63, 3.8) is 0 Å². The molecule has 1 aliphatic heterocycles. The molecule has 0 unspecified atom stereocenters. The Morgan fingerprint density at radius 3 is 2.62 bits per heavy atom. The molecule has 0 aliphatic carbocycles. The van der Waals surface area contributed by atoms with E-state index in [-0.39, 0.29) is 11.3 Å². The van der Waals surface area contributed by atoms with Gasteiger partial charge in [-0.15, -0.1) is 11.8 Å². The molecule has 2 amide bonds. The van der Waals surface area contributed by atoms with Crippen LogP contribution in [0.4, 0.5) is 0 Å². The zero-order chi connectivity index (χ0) is 20.8. The smallest absolute Gasteiger partial charge is 0.330 e. The highest BCUT2D eigenvalue weighted by Gasteiger charge is 2.43. The molecule has 9 heteroatoms. The van der Waals surface area contributed by atoms with Gasteiger partial charge >= 0.3 is 5.97 Å². The number of carbonyl (C=O) groups excluding carboxylic acids is 3. The normalized spacial score (nSPS) is 18.3. The SMILES string of the molecule is COc1ccc(CNC(=O)COC(=O)[C@@H]2CS[C@H](c3ccco3)N2C(C)=O)cc1.